The molecule has 1 saturated carbocycles. The second-order valence-electron chi connectivity index (χ2n) is 7.40. The van der Waals surface area contributed by atoms with Gasteiger partial charge < -0.3 is 4.74 Å². The van der Waals surface area contributed by atoms with Gasteiger partial charge in [0, 0.05) is 26.7 Å². The molecule has 0 amide bonds. The molecule has 140 valence electrons. The Kier molecular flexibility index (Phi) is 6.02. The van der Waals surface area contributed by atoms with Crippen LogP contribution >= 0.6 is 0 Å². The highest BCUT2D eigenvalue weighted by Gasteiger charge is 2.32. The molecule has 1 heterocycles. The van der Waals surface area contributed by atoms with Gasteiger partial charge in [0.2, 0.25) is 10.0 Å². The summed E-state index contributed by atoms with van der Waals surface area (Å²) < 4.78 is 31.2. The predicted molar refractivity (Wildman–Crippen MR) is 99.4 cm³/mol. The summed E-state index contributed by atoms with van der Waals surface area (Å²) in [6, 6.07) is 7.47. The van der Waals surface area contributed by atoms with E-state index < -0.39 is 10.0 Å². The van der Waals surface area contributed by atoms with E-state index in [0.717, 1.165) is 24.3 Å². The van der Waals surface area contributed by atoms with Crippen LogP contribution in [0.2, 0.25) is 0 Å². The van der Waals surface area contributed by atoms with E-state index in [4.69, 9.17) is 4.74 Å². The fourth-order valence-electron chi connectivity index (χ4n) is 4.20. The Labute approximate surface area is 152 Å². The van der Waals surface area contributed by atoms with Crippen LogP contribution in [0.5, 0.6) is 5.75 Å². The lowest BCUT2D eigenvalue weighted by molar-refractivity contribution is 0.0501. The van der Waals surface area contributed by atoms with Gasteiger partial charge in [-0.2, -0.15) is 0 Å². The molecule has 1 aliphatic carbocycles. The van der Waals surface area contributed by atoms with E-state index >= 15 is 0 Å². The Bertz CT molecular complexity index is 656. The molecule has 0 aromatic heterocycles. The van der Waals surface area contributed by atoms with Crippen LogP contribution in [0.15, 0.2) is 29.2 Å². The third-order valence-electron chi connectivity index (χ3n) is 5.61. The summed E-state index contributed by atoms with van der Waals surface area (Å²) in [6.45, 7) is 2.80. The van der Waals surface area contributed by atoms with Gasteiger partial charge in [0.25, 0.3) is 0 Å². The molecule has 2 fully saturated rings. The molecular formula is C19H30N2O3S. The lowest BCUT2D eigenvalue weighted by Crippen LogP contribution is -2.48. The number of sulfonamides is 1. The van der Waals surface area contributed by atoms with Gasteiger partial charge in [-0.3, -0.25) is 4.90 Å². The second kappa shape index (κ2) is 8.06. The fraction of sp³-hybridized carbons (Fsp3) is 0.684. The molecule has 1 aromatic carbocycles. The topological polar surface area (TPSA) is 49.9 Å². The van der Waals surface area contributed by atoms with E-state index in [0.29, 0.717) is 11.5 Å². The normalized spacial score (nSPS) is 24.9. The lowest BCUT2D eigenvalue weighted by Gasteiger charge is -2.44. The SMILES string of the molecule is CN(C)S(=O)(=O)c1ccc(OCCN2CCCC3CCCCC32)cc1. The van der Waals surface area contributed by atoms with E-state index in [1.165, 1.54) is 63.5 Å². The number of benzene rings is 1. The van der Waals surface area contributed by atoms with Crippen molar-refractivity contribution in [3.05, 3.63) is 24.3 Å². The van der Waals surface area contributed by atoms with Gasteiger partial charge in [-0.1, -0.05) is 12.8 Å². The summed E-state index contributed by atoms with van der Waals surface area (Å²) in [5, 5.41) is 0. The number of hydrogen-bond acceptors (Lipinski definition) is 4. The number of piperidine rings is 1. The zero-order valence-corrected chi connectivity index (χ0v) is 16.2. The number of likely N-dealkylation sites (tertiary alicyclic amines) is 1. The minimum atomic E-state index is -3.38. The molecule has 1 saturated heterocycles. The van der Waals surface area contributed by atoms with E-state index in [9.17, 15) is 8.42 Å². The number of hydrogen-bond donors (Lipinski definition) is 0. The van der Waals surface area contributed by atoms with Gasteiger partial charge in [0.05, 0.1) is 4.90 Å². The molecule has 1 aromatic rings. The lowest BCUT2D eigenvalue weighted by atomic mass is 9.78. The highest BCUT2D eigenvalue weighted by atomic mass is 32.2. The summed E-state index contributed by atoms with van der Waals surface area (Å²) in [4.78, 5) is 2.91. The first-order chi connectivity index (χ1) is 12.0. The largest absolute Gasteiger partial charge is 0.492 e. The molecule has 0 N–H and O–H groups in total. The van der Waals surface area contributed by atoms with Crippen molar-refractivity contribution in [2.75, 3.05) is 33.8 Å². The standard InChI is InChI=1S/C19H30N2O3S/c1-20(2)25(22,23)18-11-9-17(10-12-18)24-15-14-21-13-5-7-16-6-3-4-8-19(16)21/h9-12,16,19H,3-8,13-15H2,1-2H3. The van der Waals surface area contributed by atoms with Gasteiger partial charge in [0.15, 0.2) is 0 Å². The number of ether oxygens (including phenoxy) is 1. The maximum atomic E-state index is 12.1. The molecule has 2 unspecified atom stereocenters. The minimum Gasteiger partial charge on any atom is -0.492 e. The molecule has 25 heavy (non-hydrogen) atoms. The van der Waals surface area contributed by atoms with E-state index in [1.54, 1.807) is 24.3 Å². The van der Waals surface area contributed by atoms with Crippen molar-refractivity contribution in [3.63, 3.8) is 0 Å². The molecule has 0 bridgehead atoms. The predicted octanol–water partition coefficient (Wildman–Crippen LogP) is 2.97. The van der Waals surface area contributed by atoms with Crippen LogP contribution in [0.25, 0.3) is 0 Å². The molecule has 6 heteroatoms. The van der Waals surface area contributed by atoms with Gasteiger partial charge in [-0.25, -0.2) is 12.7 Å². The Hall–Kier alpha value is -1.11. The van der Waals surface area contributed by atoms with E-state index in [-0.39, 0.29) is 0 Å². The first-order valence-electron chi connectivity index (χ1n) is 9.38. The maximum Gasteiger partial charge on any atom is 0.242 e. The molecule has 3 rings (SSSR count). The molecule has 5 nitrogen and oxygen atoms in total. The van der Waals surface area contributed by atoms with Crippen LogP contribution < -0.4 is 4.74 Å². The highest BCUT2D eigenvalue weighted by Crippen LogP contribution is 2.35. The van der Waals surface area contributed by atoms with Gasteiger partial charge in [-0.05, 0) is 62.4 Å². The quantitative estimate of drug-likeness (QED) is 0.777. The number of rotatable bonds is 6. The van der Waals surface area contributed by atoms with Crippen molar-refractivity contribution in [1.29, 1.82) is 0 Å². The molecular weight excluding hydrogens is 336 g/mol. The monoisotopic (exact) mass is 366 g/mol. The first kappa shape index (κ1) is 18.7. The Morgan fingerprint density at radius 1 is 1.08 bits per heavy atom. The summed E-state index contributed by atoms with van der Waals surface area (Å²) >= 11 is 0. The zero-order valence-electron chi connectivity index (χ0n) is 15.4. The highest BCUT2D eigenvalue weighted by molar-refractivity contribution is 7.89. The zero-order chi connectivity index (χ0) is 17.9. The summed E-state index contributed by atoms with van der Waals surface area (Å²) in [7, 11) is -0.298. The molecule has 2 atom stereocenters. The van der Waals surface area contributed by atoms with Crippen LogP contribution in [-0.4, -0.2) is 57.5 Å². The molecule has 2 aliphatic rings. The van der Waals surface area contributed by atoms with Crippen molar-refractivity contribution in [2.24, 2.45) is 5.92 Å². The van der Waals surface area contributed by atoms with Crippen molar-refractivity contribution < 1.29 is 13.2 Å². The Morgan fingerprint density at radius 3 is 2.48 bits per heavy atom. The van der Waals surface area contributed by atoms with Crippen LogP contribution in [0, 0.1) is 5.92 Å². The fourth-order valence-corrected chi connectivity index (χ4v) is 5.11. The molecule has 0 spiro atoms. The minimum absolute atomic E-state index is 0.297. The number of nitrogens with zero attached hydrogens (tertiary/aromatic N) is 2. The third kappa shape index (κ3) is 4.36. The van der Waals surface area contributed by atoms with Crippen molar-refractivity contribution >= 4 is 10.0 Å². The smallest absolute Gasteiger partial charge is 0.242 e. The van der Waals surface area contributed by atoms with Crippen LogP contribution in [-0.2, 0) is 10.0 Å². The Balaban J connectivity index is 1.52. The van der Waals surface area contributed by atoms with Gasteiger partial charge in [-0.15, -0.1) is 0 Å². The van der Waals surface area contributed by atoms with E-state index in [2.05, 4.69) is 4.90 Å². The number of fused-ring (bicyclic) bond motifs is 1. The molecule has 1 aliphatic heterocycles. The van der Waals surface area contributed by atoms with Crippen molar-refractivity contribution in [1.82, 2.24) is 9.21 Å². The summed E-state index contributed by atoms with van der Waals surface area (Å²) in [6.07, 6.45) is 8.18. The van der Waals surface area contributed by atoms with Crippen LogP contribution in [0.4, 0.5) is 0 Å². The third-order valence-corrected chi connectivity index (χ3v) is 7.44. The summed E-state index contributed by atoms with van der Waals surface area (Å²) in [5.74, 6) is 1.62. The second-order valence-corrected chi connectivity index (χ2v) is 9.55. The van der Waals surface area contributed by atoms with Crippen LogP contribution in [0.1, 0.15) is 38.5 Å². The van der Waals surface area contributed by atoms with E-state index in [1.807, 2.05) is 0 Å². The van der Waals surface area contributed by atoms with Crippen molar-refractivity contribution in [3.8, 4) is 5.75 Å². The van der Waals surface area contributed by atoms with Crippen molar-refractivity contribution in [2.45, 2.75) is 49.5 Å². The Morgan fingerprint density at radius 2 is 1.76 bits per heavy atom. The van der Waals surface area contributed by atoms with Gasteiger partial charge in [0.1, 0.15) is 12.4 Å². The first-order valence-corrected chi connectivity index (χ1v) is 10.8. The maximum absolute atomic E-state index is 12.1. The summed E-state index contributed by atoms with van der Waals surface area (Å²) in [5.41, 5.74) is 0. The average Bonchev–Trinajstić information content (AvgIpc) is 2.62. The molecule has 0 radical (unpaired) electrons. The van der Waals surface area contributed by atoms with Gasteiger partial charge >= 0.3 is 0 Å². The average molecular weight is 367 g/mol. The van der Waals surface area contributed by atoms with Crippen LogP contribution in [0.3, 0.4) is 0 Å².